The smallest absolute Gasteiger partial charge is 0.250 e. The number of amides is 1. The molecule has 126 valence electrons. The molecular weight excluding hydrogens is 318 g/mol. The van der Waals surface area contributed by atoms with Crippen LogP contribution < -0.4 is 11.5 Å². The van der Waals surface area contributed by atoms with Gasteiger partial charge < -0.3 is 11.5 Å². The maximum absolute atomic E-state index is 11.8. The molecule has 0 aliphatic heterocycles. The van der Waals surface area contributed by atoms with Crippen LogP contribution in [-0.2, 0) is 4.79 Å². The predicted molar refractivity (Wildman–Crippen MR) is 94.7 cm³/mol. The molecule has 0 aliphatic carbocycles. The topological polar surface area (TPSA) is 126 Å². The number of nitrogen functional groups attached to an aromatic ring is 1. The predicted octanol–water partition coefficient (Wildman–Crippen LogP) is 1.42. The molecule has 0 fully saturated rings. The molecule has 0 bridgehead atoms. The summed E-state index contributed by atoms with van der Waals surface area (Å²) in [7, 11) is 0. The summed E-state index contributed by atoms with van der Waals surface area (Å²) in [6, 6.07) is 6.07. The fourth-order valence-corrected chi connectivity index (χ4v) is 2.46. The van der Waals surface area contributed by atoms with Gasteiger partial charge in [0.15, 0.2) is 5.82 Å². The molecule has 0 radical (unpaired) electrons. The van der Waals surface area contributed by atoms with Gasteiger partial charge in [0, 0.05) is 29.7 Å². The fourth-order valence-electron chi connectivity index (χ4n) is 2.46. The minimum atomic E-state index is -0.628. The molecular formula is C17H17N7O. The van der Waals surface area contributed by atoms with Gasteiger partial charge >= 0.3 is 0 Å². The summed E-state index contributed by atoms with van der Waals surface area (Å²) < 4.78 is 1.43. The SMILES string of the molecule is Cc1cc(C)cc(-c2ncn(/C=C(/C(N)=O)c3cnc(N)nc3)n2)c1. The zero-order valence-electron chi connectivity index (χ0n) is 13.8. The van der Waals surface area contributed by atoms with Crippen LogP contribution in [0.4, 0.5) is 5.95 Å². The van der Waals surface area contributed by atoms with Gasteiger partial charge in [-0.25, -0.2) is 19.6 Å². The first-order valence-electron chi connectivity index (χ1n) is 7.51. The third-order valence-electron chi connectivity index (χ3n) is 3.50. The lowest BCUT2D eigenvalue weighted by Crippen LogP contribution is -2.14. The number of aryl methyl sites for hydroxylation is 2. The van der Waals surface area contributed by atoms with Crippen molar-refractivity contribution in [3.8, 4) is 11.4 Å². The van der Waals surface area contributed by atoms with Crippen LogP contribution in [0.3, 0.4) is 0 Å². The lowest BCUT2D eigenvalue weighted by Gasteiger charge is -2.03. The molecule has 1 aromatic carbocycles. The van der Waals surface area contributed by atoms with Crippen molar-refractivity contribution in [3.63, 3.8) is 0 Å². The Balaban J connectivity index is 1.98. The Kier molecular flexibility index (Phi) is 4.25. The number of carbonyl (C=O) groups is 1. The molecule has 2 heterocycles. The van der Waals surface area contributed by atoms with Crippen molar-refractivity contribution < 1.29 is 4.79 Å². The summed E-state index contributed by atoms with van der Waals surface area (Å²) in [4.78, 5) is 23.8. The summed E-state index contributed by atoms with van der Waals surface area (Å²) in [5.41, 5.74) is 14.7. The van der Waals surface area contributed by atoms with Gasteiger partial charge in [-0.05, 0) is 26.0 Å². The second-order valence-corrected chi connectivity index (χ2v) is 5.66. The van der Waals surface area contributed by atoms with Crippen LogP contribution in [0.5, 0.6) is 0 Å². The van der Waals surface area contributed by atoms with E-state index in [9.17, 15) is 4.79 Å². The summed E-state index contributed by atoms with van der Waals surface area (Å²) in [6.45, 7) is 4.03. The number of carbonyl (C=O) groups excluding carboxylic acids is 1. The third kappa shape index (κ3) is 3.69. The first kappa shape index (κ1) is 16.3. The molecule has 8 nitrogen and oxygen atoms in total. The first-order chi connectivity index (χ1) is 11.9. The monoisotopic (exact) mass is 335 g/mol. The fraction of sp³-hybridized carbons (Fsp3) is 0.118. The lowest BCUT2D eigenvalue weighted by molar-refractivity contribution is -0.112. The molecule has 3 aromatic rings. The largest absolute Gasteiger partial charge is 0.368 e. The summed E-state index contributed by atoms with van der Waals surface area (Å²) >= 11 is 0. The molecule has 1 amide bonds. The minimum absolute atomic E-state index is 0.116. The molecule has 3 rings (SSSR count). The van der Waals surface area contributed by atoms with Gasteiger partial charge in [0.2, 0.25) is 5.95 Å². The van der Waals surface area contributed by atoms with Gasteiger partial charge in [-0.15, -0.1) is 5.10 Å². The van der Waals surface area contributed by atoms with Gasteiger partial charge in [-0.3, -0.25) is 4.79 Å². The number of hydrogen-bond acceptors (Lipinski definition) is 6. The van der Waals surface area contributed by atoms with Gasteiger partial charge in [-0.2, -0.15) is 0 Å². The molecule has 4 N–H and O–H groups in total. The number of rotatable bonds is 4. The summed E-state index contributed by atoms with van der Waals surface area (Å²) in [5, 5.41) is 4.38. The van der Waals surface area contributed by atoms with E-state index in [4.69, 9.17) is 11.5 Å². The Labute approximate surface area is 144 Å². The van der Waals surface area contributed by atoms with E-state index in [0.717, 1.165) is 16.7 Å². The van der Waals surface area contributed by atoms with Crippen LogP contribution in [0.2, 0.25) is 0 Å². The molecule has 2 aromatic heterocycles. The molecule has 8 heteroatoms. The highest BCUT2D eigenvalue weighted by Gasteiger charge is 2.11. The number of hydrogen-bond donors (Lipinski definition) is 2. The van der Waals surface area contributed by atoms with E-state index >= 15 is 0 Å². The Hall–Kier alpha value is -3.55. The van der Waals surface area contributed by atoms with Crippen molar-refractivity contribution >= 4 is 23.6 Å². The number of nitrogens with zero attached hydrogens (tertiary/aromatic N) is 5. The minimum Gasteiger partial charge on any atom is -0.368 e. The van der Waals surface area contributed by atoms with Crippen LogP contribution >= 0.6 is 0 Å². The molecule has 0 saturated heterocycles. The molecule has 25 heavy (non-hydrogen) atoms. The zero-order valence-corrected chi connectivity index (χ0v) is 13.8. The normalized spacial score (nSPS) is 11.5. The van der Waals surface area contributed by atoms with E-state index in [0.29, 0.717) is 11.4 Å². The van der Waals surface area contributed by atoms with Crippen LogP contribution in [-0.4, -0.2) is 30.6 Å². The average molecular weight is 335 g/mol. The van der Waals surface area contributed by atoms with Crippen molar-refractivity contribution in [1.29, 1.82) is 0 Å². The van der Waals surface area contributed by atoms with Crippen molar-refractivity contribution in [3.05, 3.63) is 53.6 Å². The maximum Gasteiger partial charge on any atom is 0.250 e. The van der Waals surface area contributed by atoms with E-state index < -0.39 is 5.91 Å². The number of nitrogens with two attached hydrogens (primary N) is 2. The van der Waals surface area contributed by atoms with E-state index in [2.05, 4.69) is 26.1 Å². The van der Waals surface area contributed by atoms with Gasteiger partial charge in [-0.1, -0.05) is 17.2 Å². The Morgan fingerprint density at radius 2 is 1.72 bits per heavy atom. The lowest BCUT2D eigenvalue weighted by atomic mass is 10.1. The standard InChI is InChI=1S/C17H17N7O/c1-10-3-11(2)5-12(4-10)16-22-9-24(23-16)8-14(15(18)25)13-6-20-17(19)21-7-13/h3-9H,1-2H3,(H2,18,25)(H2,19,20,21)/b14-8+. The van der Waals surface area contributed by atoms with Crippen molar-refractivity contribution in [2.75, 3.05) is 5.73 Å². The van der Waals surface area contributed by atoms with Gasteiger partial charge in [0.25, 0.3) is 5.91 Å². The van der Waals surface area contributed by atoms with Crippen molar-refractivity contribution in [2.45, 2.75) is 13.8 Å². The van der Waals surface area contributed by atoms with Crippen LogP contribution in [0.25, 0.3) is 23.2 Å². The van der Waals surface area contributed by atoms with Crippen molar-refractivity contribution in [2.24, 2.45) is 5.73 Å². The molecule has 0 aliphatic rings. The zero-order chi connectivity index (χ0) is 18.0. The van der Waals surface area contributed by atoms with Crippen molar-refractivity contribution in [1.82, 2.24) is 24.7 Å². The second-order valence-electron chi connectivity index (χ2n) is 5.66. The van der Waals surface area contributed by atoms with E-state index in [1.807, 2.05) is 26.0 Å². The number of aromatic nitrogens is 5. The number of primary amides is 1. The van der Waals surface area contributed by atoms with Crippen LogP contribution in [0, 0.1) is 13.8 Å². The van der Waals surface area contributed by atoms with E-state index in [-0.39, 0.29) is 11.5 Å². The quantitative estimate of drug-likeness (QED) is 0.694. The van der Waals surface area contributed by atoms with E-state index in [1.165, 1.54) is 29.6 Å². The molecule has 0 spiro atoms. The summed E-state index contributed by atoms with van der Waals surface area (Å²) in [5.74, 6) is 0.0441. The highest BCUT2D eigenvalue weighted by atomic mass is 16.1. The summed E-state index contributed by atoms with van der Waals surface area (Å²) in [6.07, 6.45) is 5.85. The molecule has 0 unspecified atom stereocenters. The third-order valence-corrected chi connectivity index (χ3v) is 3.50. The van der Waals surface area contributed by atoms with Gasteiger partial charge in [0.05, 0.1) is 5.57 Å². The van der Waals surface area contributed by atoms with Crippen LogP contribution in [0.15, 0.2) is 36.9 Å². The maximum atomic E-state index is 11.8. The molecule has 0 saturated carbocycles. The number of benzene rings is 1. The average Bonchev–Trinajstić information content (AvgIpc) is 3.01. The first-order valence-corrected chi connectivity index (χ1v) is 7.51. The molecule has 0 atom stereocenters. The number of anilines is 1. The highest BCUT2D eigenvalue weighted by Crippen LogP contribution is 2.19. The van der Waals surface area contributed by atoms with E-state index in [1.54, 1.807) is 0 Å². The highest BCUT2D eigenvalue weighted by molar-refractivity contribution is 6.22. The van der Waals surface area contributed by atoms with Gasteiger partial charge in [0.1, 0.15) is 6.33 Å². The second kappa shape index (κ2) is 6.52. The van der Waals surface area contributed by atoms with Crippen LogP contribution in [0.1, 0.15) is 16.7 Å². The Morgan fingerprint density at radius 1 is 1.08 bits per heavy atom. The Morgan fingerprint density at radius 3 is 2.32 bits per heavy atom. The Bertz CT molecular complexity index is 937.